The van der Waals surface area contributed by atoms with Gasteiger partial charge in [-0.25, -0.2) is 4.98 Å². The second-order valence-corrected chi connectivity index (χ2v) is 4.74. The molecule has 1 aromatic heterocycles. The van der Waals surface area contributed by atoms with E-state index in [0.29, 0.717) is 19.8 Å². The molecule has 0 bridgehead atoms. The Kier molecular flexibility index (Phi) is 2.81. The Morgan fingerprint density at radius 1 is 1.21 bits per heavy atom. The lowest BCUT2D eigenvalue weighted by Crippen LogP contribution is -2.16. The first-order valence-electron chi connectivity index (χ1n) is 6.31. The summed E-state index contributed by atoms with van der Waals surface area (Å²) in [5.41, 5.74) is 10.0. The Morgan fingerprint density at radius 2 is 1.89 bits per heavy atom. The molecule has 0 saturated carbocycles. The van der Waals surface area contributed by atoms with E-state index in [1.807, 2.05) is 25.4 Å². The van der Waals surface area contributed by atoms with E-state index in [2.05, 4.69) is 16.5 Å². The lowest BCUT2D eigenvalue weighted by molar-refractivity contribution is 0.171. The van der Waals surface area contributed by atoms with E-state index in [1.54, 1.807) is 0 Å². The first kappa shape index (κ1) is 11.9. The lowest BCUT2D eigenvalue weighted by atomic mass is 10.1. The number of rotatable bonds is 2. The van der Waals surface area contributed by atoms with E-state index in [-0.39, 0.29) is 0 Å². The third-order valence-electron chi connectivity index (χ3n) is 3.49. The van der Waals surface area contributed by atoms with Crippen LogP contribution in [0.1, 0.15) is 17.0 Å². The van der Waals surface area contributed by atoms with Crippen LogP contribution in [0, 0.1) is 13.8 Å². The van der Waals surface area contributed by atoms with Gasteiger partial charge in [0.05, 0.1) is 18.6 Å². The normalized spacial score (nSPS) is 13.6. The zero-order valence-electron chi connectivity index (χ0n) is 11.1. The summed E-state index contributed by atoms with van der Waals surface area (Å²) < 4.78 is 13.2. The van der Waals surface area contributed by atoms with Gasteiger partial charge in [0.2, 0.25) is 0 Å². The predicted molar refractivity (Wildman–Crippen MR) is 72.6 cm³/mol. The highest BCUT2D eigenvalue weighted by atomic mass is 16.6. The highest BCUT2D eigenvalue weighted by Gasteiger charge is 2.15. The second-order valence-electron chi connectivity index (χ2n) is 4.74. The number of imidazole rings is 1. The number of nitrogen functional groups attached to an aromatic ring is 1. The molecule has 19 heavy (non-hydrogen) atoms. The van der Waals surface area contributed by atoms with Gasteiger partial charge < -0.3 is 19.8 Å². The molecule has 2 N–H and O–H groups in total. The topological polar surface area (TPSA) is 62.3 Å². The van der Waals surface area contributed by atoms with Gasteiger partial charge in [0.1, 0.15) is 13.2 Å². The number of nitrogens with zero attached hydrogens (tertiary/aromatic N) is 2. The fraction of sp³-hybridized carbons (Fsp3) is 0.357. The van der Waals surface area contributed by atoms with Crippen molar-refractivity contribution in [1.82, 2.24) is 9.55 Å². The molecule has 0 unspecified atom stereocenters. The number of aryl methyl sites for hydroxylation is 1. The van der Waals surface area contributed by atoms with Gasteiger partial charge in [-0.1, -0.05) is 0 Å². The molecule has 1 aliphatic rings. The van der Waals surface area contributed by atoms with Gasteiger partial charge in [0, 0.05) is 17.4 Å². The number of ether oxygens (including phenoxy) is 2. The van der Waals surface area contributed by atoms with Crippen molar-refractivity contribution in [1.29, 1.82) is 0 Å². The molecule has 0 fully saturated rings. The number of hydrogen-bond donors (Lipinski definition) is 1. The number of nitrogens with two attached hydrogens (primary N) is 1. The van der Waals surface area contributed by atoms with Gasteiger partial charge >= 0.3 is 0 Å². The zero-order valence-corrected chi connectivity index (χ0v) is 11.1. The molecule has 2 heterocycles. The fourth-order valence-electron chi connectivity index (χ4n) is 2.17. The summed E-state index contributed by atoms with van der Waals surface area (Å²) in [5, 5.41) is 0. The molecular formula is C14H17N3O2. The van der Waals surface area contributed by atoms with Crippen LogP contribution in [0.5, 0.6) is 11.5 Å². The van der Waals surface area contributed by atoms with Crippen LogP contribution < -0.4 is 15.2 Å². The second kappa shape index (κ2) is 4.50. The summed E-state index contributed by atoms with van der Waals surface area (Å²) in [4.78, 5) is 4.30. The Labute approximate surface area is 112 Å². The van der Waals surface area contributed by atoms with Crippen molar-refractivity contribution >= 4 is 5.69 Å². The molecule has 0 spiro atoms. The van der Waals surface area contributed by atoms with Crippen molar-refractivity contribution in [2.75, 3.05) is 18.9 Å². The minimum absolute atomic E-state index is 0.575. The molecule has 100 valence electrons. The number of fused-ring (bicyclic) bond motifs is 1. The summed E-state index contributed by atoms with van der Waals surface area (Å²) in [6.45, 7) is 5.90. The molecule has 0 aliphatic carbocycles. The van der Waals surface area contributed by atoms with Crippen LogP contribution >= 0.6 is 0 Å². The maximum atomic E-state index is 6.08. The molecule has 5 heteroatoms. The fourth-order valence-corrected chi connectivity index (χ4v) is 2.17. The van der Waals surface area contributed by atoms with E-state index in [9.17, 15) is 0 Å². The molecule has 5 nitrogen and oxygen atoms in total. The average molecular weight is 259 g/mol. The molecule has 1 aromatic carbocycles. The summed E-state index contributed by atoms with van der Waals surface area (Å²) >= 11 is 0. The highest BCUT2D eigenvalue weighted by Crippen LogP contribution is 2.34. The van der Waals surface area contributed by atoms with Crippen LogP contribution in [0.2, 0.25) is 0 Å². The molecule has 0 saturated heterocycles. The summed E-state index contributed by atoms with van der Waals surface area (Å²) in [7, 11) is 0. The van der Waals surface area contributed by atoms with Crippen LogP contribution in [0.3, 0.4) is 0 Å². The van der Waals surface area contributed by atoms with Crippen molar-refractivity contribution in [3.63, 3.8) is 0 Å². The largest absolute Gasteiger partial charge is 0.486 e. The zero-order chi connectivity index (χ0) is 13.4. The van der Waals surface area contributed by atoms with Gasteiger partial charge in [-0.3, -0.25) is 0 Å². The van der Waals surface area contributed by atoms with Crippen molar-refractivity contribution in [2.45, 2.75) is 20.4 Å². The van der Waals surface area contributed by atoms with E-state index >= 15 is 0 Å². The third-order valence-corrected chi connectivity index (χ3v) is 3.49. The maximum absolute atomic E-state index is 6.08. The van der Waals surface area contributed by atoms with Crippen molar-refractivity contribution in [3.8, 4) is 11.5 Å². The van der Waals surface area contributed by atoms with Crippen molar-refractivity contribution in [3.05, 3.63) is 35.4 Å². The minimum Gasteiger partial charge on any atom is -0.486 e. The summed E-state index contributed by atoms with van der Waals surface area (Å²) in [6.07, 6.45) is 1.83. The Balaban J connectivity index is 1.94. The van der Waals surface area contributed by atoms with E-state index in [4.69, 9.17) is 15.2 Å². The van der Waals surface area contributed by atoms with E-state index in [1.165, 1.54) is 0 Å². The first-order valence-corrected chi connectivity index (χ1v) is 6.31. The SMILES string of the molecule is Cc1ncn(Cc2cc3c(cc2N)OCCO3)c1C. The van der Waals surface area contributed by atoms with E-state index < -0.39 is 0 Å². The van der Waals surface area contributed by atoms with Gasteiger partial charge in [-0.15, -0.1) is 0 Å². The van der Waals surface area contributed by atoms with Gasteiger partial charge in [0.15, 0.2) is 11.5 Å². The molecule has 0 radical (unpaired) electrons. The minimum atomic E-state index is 0.575. The standard InChI is InChI=1S/C14H17N3O2/c1-9-10(2)17(8-16-9)7-11-5-13-14(6-12(11)15)19-4-3-18-13/h5-6,8H,3-4,7,15H2,1-2H3. The molecule has 1 aliphatic heterocycles. The monoisotopic (exact) mass is 259 g/mol. The van der Waals surface area contributed by atoms with Crippen LogP contribution in [0.15, 0.2) is 18.5 Å². The molecular weight excluding hydrogens is 242 g/mol. The average Bonchev–Trinajstić information content (AvgIpc) is 2.71. The molecule has 0 atom stereocenters. The Morgan fingerprint density at radius 3 is 2.53 bits per heavy atom. The number of aromatic nitrogens is 2. The quantitative estimate of drug-likeness (QED) is 0.837. The van der Waals surface area contributed by atoms with E-state index in [0.717, 1.165) is 34.1 Å². The summed E-state index contributed by atoms with van der Waals surface area (Å²) in [6, 6.07) is 3.79. The third kappa shape index (κ3) is 2.12. The lowest BCUT2D eigenvalue weighted by Gasteiger charge is -2.20. The van der Waals surface area contributed by atoms with Gasteiger partial charge in [-0.2, -0.15) is 0 Å². The number of benzene rings is 1. The van der Waals surface area contributed by atoms with Gasteiger partial charge in [0.25, 0.3) is 0 Å². The van der Waals surface area contributed by atoms with Crippen LogP contribution in [-0.4, -0.2) is 22.8 Å². The van der Waals surface area contributed by atoms with Crippen molar-refractivity contribution < 1.29 is 9.47 Å². The molecule has 2 aromatic rings. The Bertz CT molecular complexity index is 619. The maximum Gasteiger partial charge on any atom is 0.163 e. The molecule has 0 amide bonds. The van der Waals surface area contributed by atoms with Crippen molar-refractivity contribution in [2.24, 2.45) is 0 Å². The smallest absolute Gasteiger partial charge is 0.163 e. The predicted octanol–water partition coefficient (Wildman–Crippen LogP) is 1.90. The van der Waals surface area contributed by atoms with Gasteiger partial charge in [-0.05, 0) is 25.5 Å². The molecule has 3 rings (SSSR count). The number of anilines is 1. The highest BCUT2D eigenvalue weighted by molar-refractivity contribution is 5.58. The van der Waals surface area contributed by atoms with Crippen LogP contribution in [0.4, 0.5) is 5.69 Å². The van der Waals surface area contributed by atoms with Crippen LogP contribution in [-0.2, 0) is 6.54 Å². The Hall–Kier alpha value is -2.17. The summed E-state index contributed by atoms with van der Waals surface area (Å²) in [5.74, 6) is 1.50. The van der Waals surface area contributed by atoms with Crippen LogP contribution in [0.25, 0.3) is 0 Å². The first-order chi connectivity index (χ1) is 9.15. The number of hydrogen-bond acceptors (Lipinski definition) is 4.